The fraction of sp³-hybridized carbons (Fsp3) is 0.476. The Morgan fingerprint density at radius 2 is 1.72 bits per heavy atom. The molecule has 4 heteroatoms. The molecule has 25 heavy (non-hydrogen) atoms. The Morgan fingerprint density at radius 3 is 2.20 bits per heavy atom. The number of carbonyl (C=O) groups is 1. The Hall–Kier alpha value is -1.65. The lowest BCUT2D eigenvalue weighted by molar-refractivity contribution is -0.280. The van der Waals surface area contributed by atoms with Crippen molar-refractivity contribution < 1.29 is 14.6 Å². The summed E-state index contributed by atoms with van der Waals surface area (Å²) in [6.45, 7) is 12.3. The molecule has 1 aliphatic rings. The summed E-state index contributed by atoms with van der Waals surface area (Å²) in [5.74, 6) is 0.367. The maximum absolute atomic E-state index is 12.2. The van der Waals surface area contributed by atoms with E-state index in [4.69, 9.17) is 9.78 Å². The lowest BCUT2D eigenvalue weighted by Gasteiger charge is -2.26. The van der Waals surface area contributed by atoms with E-state index in [9.17, 15) is 4.79 Å². The zero-order valence-corrected chi connectivity index (χ0v) is 16.5. The van der Waals surface area contributed by atoms with Gasteiger partial charge in [-0.05, 0) is 49.8 Å². The molecular weight excluding hydrogens is 328 g/mol. The third-order valence-electron chi connectivity index (χ3n) is 5.60. The highest BCUT2D eigenvalue weighted by Crippen LogP contribution is 2.28. The van der Waals surface area contributed by atoms with Crippen LogP contribution in [0.15, 0.2) is 48.8 Å². The summed E-state index contributed by atoms with van der Waals surface area (Å²) in [6, 6.07) is 8.59. The van der Waals surface area contributed by atoms with E-state index >= 15 is 0 Å². The van der Waals surface area contributed by atoms with E-state index in [1.165, 1.54) is 11.6 Å². The molecule has 3 nitrogen and oxygen atoms in total. The van der Waals surface area contributed by atoms with Gasteiger partial charge in [0.2, 0.25) is 0 Å². The van der Waals surface area contributed by atoms with Crippen molar-refractivity contribution in [1.29, 1.82) is 0 Å². The van der Waals surface area contributed by atoms with Crippen molar-refractivity contribution >= 4 is 19.2 Å². The molecule has 1 aromatic carbocycles. The van der Waals surface area contributed by atoms with Crippen molar-refractivity contribution in [3.05, 3.63) is 54.4 Å². The zero-order chi connectivity index (χ0) is 18.3. The topological polar surface area (TPSA) is 35.5 Å². The average molecular weight is 359 g/mol. The maximum Gasteiger partial charge on any atom is 0.373 e. The zero-order valence-electron chi connectivity index (χ0n) is 15.5. The second-order valence-electron chi connectivity index (χ2n) is 6.90. The van der Waals surface area contributed by atoms with Crippen molar-refractivity contribution in [1.82, 2.24) is 0 Å². The second kappa shape index (κ2) is 9.16. The predicted molar refractivity (Wildman–Crippen MR) is 105 cm³/mol. The number of rotatable bonds is 8. The minimum absolute atomic E-state index is 0.0349. The number of hydrogen-bond acceptors (Lipinski definition) is 3. The van der Waals surface area contributed by atoms with Crippen molar-refractivity contribution in [3.8, 4) is 0 Å². The molecular formula is C21H30O3Si. The standard InChI is InChI=1S/C21H30O3Si/c1-5-17-9-13-19(14-10-17)23-24-21(22)18-11-15-20(16-12-18)25(6-2,7-3)8-4/h6-7,11-12,15-17,19H,2-3,5,8-10,13-14H2,1,4H3. The van der Waals surface area contributed by atoms with Crippen molar-refractivity contribution in [2.75, 3.05) is 0 Å². The van der Waals surface area contributed by atoms with Gasteiger partial charge in [0.15, 0.2) is 0 Å². The smallest absolute Gasteiger partial charge is 0.293 e. The first kappa shape index (κ1) is 19.7. The quantitative estimate of drug-likeness (QED) is 0.378. The van der Waals surface area contributed by atoms with E-state index in [2.05, 4.69) is 27.0 Å². The van der Waals surface area contributed by atoms with Gasteiger partial charge in [-0.3, -0.25) is 4.89 Å². The van der Waals surface area contributed by atoms with Crippen LogP contribution in [0.1, 0.15) is 56.3 Å². The van der Waals surface area contributed by atoms with Gasteiger partial charge in [0.05, 0.1) is 5.56 Å². The first-order chi connectivity index (χ1) is 12.1. The number of hydrogen-bond donors (Lipinski definition) is 0. The molecule has 1 fully saturated rings. The van der Waals surface area contributed by atoms with Gasteiger partial charge in [0, 0.05) is 0 Å². The van der Waals surface area contributed by atoms with Gasteiger partial charge in [-0.15, -0.1) is 13.2 Å². The molecule has 0 aromatic heterocycles. The monoisotopic (exact) mass is 358 g/mol. The summed E-state index contributed by atoms with van der Waals surface area (Å²) in [4.78, 5) is 22.7. The highest BCUT2D eigenvalue weighted by atomic mass is 28.3. The van der Waals surface area contributed by atoms with E-state index in [-0.39, 0.29) is 6.10 Å². The van der Waals surface area contributed by atoms with Crippen LogP contribution < -0.4 is 5.19 Å². The molecule has 0 unspecified atom stereocenters. The molecule has 0 aliphatic heterocycles. The molecule has 0 bridgehead atoms. The average Bonchev–Trinajstić information content (AvgIpc) is 2.69. The van der Waals surface area contributed by atoms with E-state index in [0.29, 0.717) is 5.56 Å². The van der Waals surface area contributed by atoms with Gasteiger partial charge in [-0.25, -0.2) is 4.79 Å². The van der Waals surface area contributed by atoms with Crippen molar-refractivity contribution in [3.63, 3.8) is 0 Å². The molecule has 0 saturated heterocycles. The Morgan fingerprint density at radius 1 is 1.12 bits per heavy atom. The van der Waals surface area contributed by atoms with Gasteiger partial charge in [-0.1, -0.05) is 49.0 Å². The second-order valence-corrected chi connectivity index (χ2v) is 11.1. The van der Waals surface area contributed by atoms with Crippen LogP contribution in [0.4, 0.5) is 0 Å². The normalized spacial score (nSPS) is 20.7. The maximum atomic E-state index is 12.2. The van der Waals surface area contributed by atoms with Gasteiger partial charge >= 0.3 is 5.97 Å². The van der Waals surface area contributed by atoms with E-state index in [1.54, 1.807) is 12.1 Å². The highest BCUT2D eigenvalue weighted by molar-refractivity contribution is 6.99. The van der Waals surface area contributed by atoms with E-state index in [0.717, 1.165) is 37.6 Å². The lowest BCUT2D eigenvalue weighted by Crippen LogP contribution is -2.43. The van der Waals surface area contributed by atoms with Crippen LogP contribution in [0.3, 0.4) is 0 Å². The van der Waals surface area contributed by atoms with Gasteiger partial charge in [0.1, 0.15) is 14.2 Å². The minimum atomic E-state index is -1.86. The highest BCUT2D eigenvalue weighted by Gasteiger charge is 2.26. The fourth-order valence-corrected chi connectivity index (χ4v) is 5.94. The van der Waals surface area contributed by atoms with Crippen LogP contribution in [0.25, 0.3) is 0 Å². The van der Waals surface area contributed by atoms with Crippen LogP contribution >= 0.6 is 0 Å². The van der Waals surface area contributed by atoms with Crippen LogP contribution in [-0.2, 0) is 9.78 Å². The molecule has 136 valence electrons. The fourth-order valence-electron chi connectivity index (χ4n) is 3.52. The van der Waals surface area contributed by atoms with Gasteiger partial charge in [-0.2, -0.15) is 4.89 Å². The van der Waals surface area contributed by atoms with E-state index in [1.807, 2.05) is 23.5 Å². The summed E-state index contributed by atoms with van der Waals surface area (Å²) >= 11 is 0. The summed E-state index contributed by atoms with van der Waals surface area (Å²) in [7, 11) is -1.86. The summed E-state index contributed by atoms with van der Waals surface area (Å²) in [5, 5.41) is 1.20. The number of carbonyl (C=O) groups excluding carboxylic acids is 1. The predicted octanol–water partition coefficient (Wildman–Crippen LogP) is 4.87. The largest absolute Gasteiger partial charge is 0.373 e. The third-order valence-corrected chi connectivity index (χ3v) is 9.64. The first-order valence-electron chi connectivity index (χ1n) is 9.33. The SMILES string of the molecule is C=C[Si](C=C)(CC)c1ccc(C(=O)OOC2CCC(CC)CC2)cc1. The van der Waals surface area contributed by atoms with Gasteiger partial charge in [0.25, 0.3) is 0 Å². The Labute approximate surface area is 152 Å². The van der Waals surface area contributed by atoms with E-state index < -0.39 is 14.0 Å². The van der Waals surface area contributed by atoms with Crippen LogP contribution in [0, 0.1) is 5.92 Å². The molecule has 0 N–H and O–H groups in total. The molecule has 2 rings (SSSR count). The van der Waals surface area contributed by atoms with Crippen LogP contribution in [-0.4, -0.2) is 20.1 Å². The Balaban J connectivity index is 1.92. The molecule has 0 amide bonds. The lowest BCUT2D eigenvalue weighted by atomic mass is 9.86. The molecule has 0 spiro atoms. The van der Waals surface area contributed by atoms with Crippen molar-refractivity contribution in [2.24, 2.45) is 5.92 Å². The Kier molecular flexibility index (Phi) is 7.20. The van der Waals surface area contributed by atoms with Gasteiger partial charge < -0.3 is 0 Å². The molecule has 1 aliphatic carbocycles. The third kappa shape index (κ3) is 4.70. The Bertz CT molecular complexity index is 578. The minimum Gasteiger partial charge on any atom is -0.293 e. The summed E-state index contributed by atoms with van der Waals surface area (Å²) in [6.07, 6.45) is 5.49. The molecule has 0 radical (unpaired) electrons. The molecule has 1 aromatic rings. The van der Waals surface area contributed by atoms with Crippen LogP contribution in [0.5, 0.6) is 0 Å². The van der Waals surface area contributed by atoms with Crippen LogP contribution in [0.2, 0.25) is 6.04 Å². The molecule has 0 atom stereocenters. The molecule has 1 saturated carbocycles. The summed E-state index contributed by atoms with van der Waals surface area (Å²) in [5.41, 5.74) is 4.57. The van der Waals surface area contributed by atoms with Crippen molar-refractivity contribution in [2.45, 2.75) is 58.1 Å². The summed E-state index contributed by atoms with van der Waals surface area (Å²) < 4.78 is 0. The molecule has 0 heterocycles. The first-order valence-corrected chi connectivity index (χ1v) is 11.7. The number of benzene rings is 1.